The molecule has 5 heteroatoms. The van der Waals surface area contributed by atoms with Gasteiger partial charge in [-0.2, -0.15) is 0 Å². The standard InChI is InChI=1S/C35H22N4S/c1-3-11-23(12-4-1)29-22-33(39-30-17-9-7-15-26(30)27-16-8-10-18-31(27)39)38-34(36-29)25-19-20-28-32(21-25)40-35(37-28)24-13-5-2-6-14-24/h1-22H. The molecule has 0 spiro atoms. The van der Waals surface area contributed by atoms with E-state index < -0.39 is 0 Å². The SMILES string of the molecule is c1ccc(-c2cc(-n3c4ccccc4c4ccccc43)nc(-c3ccc4nc(-c5ccccc5)sc4c3)n2)cc1. The van der Waals surface area contributed by atoms with E-state index in [9.17, 15) is 0 Å². The Labute approximate surface area is 234 Å². The van der Waals surface area contributed by atoms with Crippen molar-refractivity contribution in [3.8, 4) is 39.0 Å². The molecule has 8 aromatic rings. The normalized spacial score (nSPS) is 11.5. The van der Waals surface area contributed by atoms with Gasteiger partial charge in [0, 0.05) is 33.5 Å². The van der Waals surface area contributed by atoms with E-state index in [-0.39, 0.29) is 0 Å². The predicted molar refractivity (Wildman–Crippen MR) is 166 cm³/mol. The van der Waals surface area contributed by atoms with Crippen LogP contribution in [0.2, 0.25) is 0 Å². The number of thiazole rings is 1. The van der Waals surface area contributed by atoms with Crippen LogP contribution < -0.4 is 0 Å². The maximum absolute atomic E-state index is 5.18. The third kappa shape index (κ3) is 3.79. The Bertz CT molecular complexity index is 2110. The molecule has 0 atom stereocenters. The van der Waals surface area contributed by atoms with Crippen LogP contribution in [-0.4, -0.2) is 19.5 Å². The summed E-state index contributed by atoms with van der Waals surface area (Å²) in [5.74, 6) is 1.53. The minimum absolute atomic E-state index is 0.690. The van der Waals surface area contributed by atoms with Crippen molar-refractivity contribution in [1.82, 2.24) is 19.5 Å². The molecule has 0 aliphatic rings. The van der Waals surface area contributed by atoms with E-state index in [2.05, 4.69) is 102 Å². The predicted octanol–water partition coefficient (Wildman–Crippen LogP) is 9.18. The maximum Gasteiger partial charge on any atom is 0.162 e. The topological polar surface area (TPSA) is 43.6 Å². The quantitative estimate of drug-likeness (QED) is 0.228. The molecule has 4 nitrogen and oxygen atoms in total. The van der Waals surface area contributed by atoms with Crippen molar-refractivity contribution in [3.63, 3.8) is 0 Å². The monoisotopic (exact) mass is 530 g/mol. The van der Waals surface area contributed by atoms with Gasteiger partial charge in [0.1, 0.15) is 10.8 Å². The molecule has 8 rings (SSSR count). The van der Waals surface area contributed by atoms with Crippen molar-refractivity contribution in [2.45, 2.75) is 0 Å². The molecule has 0 saturated carbocycles. The summed E-state index contributed by atoms with van der Waals surface area (Å²) in [6.07, 6.45) is 0. The fourth-order valence-corrected chi connectivity index (χ4v) is 6.38. The highest BCUT2D eigenvalue weighted by atomic mass is 32.1. The smallest absolute Gasteiger partial charge is 0.162 e. The molecule has 0 unspecified atom stereocenters. The van der Waals surface area contributed by atoms with Gasteiger partial charge < -0.3 is 0 Å². The van der Waals surface area contributed by atoms with Crippen molar-refractivity contribution in [1.29, 1.82) is 0 Å². The highest BCUT2D eigenvalue weighted by Crippen LogP contribution is 2.35. The zero-order chi connectivity index (χ0) is 26.5. The number of hydrogen-bond donors (Lipinski definition) is 0. The molecular formula is C35H22N4S. The summed E-state index contributed by atoms with van der Waals surface area (Å²) in [5, 5.41) is 3.43. The van der Waals surface area contributed by atoms with Crippen LogP contribution in [0.15, 0.2) is 133 Å². The Balaban J connectivity index is 1.36. The molecule has 5 aromatic carbocycles. The molecule has 0 aliphatic heterocycles. The van der Waals surface area contributed by atoms with Gasteiger partial charge in [0.25, 0.3) is 0 Å². The van der Waals surface area contributed by atoms with E-state index in [1.54, 1.807) is 11.3 Å². The summed E-state index contributed by atoms with van der Waals surface area (Å²) < 4.78 is 3.37. The highest BCUT2D eigenvalue weighted by Gasteiger charge is 2.17. The highest BCUT2D eigenvalue weighted by molar-refractivity contribution is 7.21. The summed E-state index contributed by atoms with van der Waals surface area (Å²) >= 11 is 1.69. The molecule has 0 fully saturated rings. The number of benzene rings is 5. The first-order valence-electron chi connectivity index (χ1n) is 13.2. The van der Waals surface area contributed by atoms with Crippen LogP contribution in [0.3, 0.4) is 0 Å². The maximum atomic E-state index is 5.18. The molecule has 0 saturated heterocycles. The van der Waals surface area contributed by atoms with Crippen molar-refractivity contribution in [3.05, 3.63) is 133 Å². The van der Waals surface area contributed by atoms with Crippen molar-refractivity contribution in [2.24, 2.45) is 0 Å². The van der Waals surface area contributed by atoms with Gasteiger partial charge in [-0.15, -0.1) is 11.3 Å². The van der Waals surface area contributed by atoms with Gasteiger partial charge in [-0.3, -0.25) is 4.57 Å². The van der Waals surface area contributed by atoms with E-state index in [0.717, 1.165) is 54.5 Å². The van der Waals surface area contributed by atoms with Gasteiger partial charge in [0.05, 0.1) is 26.9 Å². The summed E-state index contributed by atoms with van der Waals surface area (Å²) in [5.41, 5.74) is 7.26. The van der Waals surface area contributed by atoms with Crippen LogP contribution in [0, 0.1) is 0 Å². The zero-order valence-electron chi connectivity index (χ0n) is 21.4. The second-order valence-corrected chi connectivity index (χ2v) is 10.8. The van der Waals surface area contributed by atoms with E-state index >= 15 is 0 Å². The van der Waals surface area contributed by atoms with Crippen LogP contribution in [-0.2, 0) is 0 Å². The van der Waals surface area contributed by atoms with E-state index in [4.69, 9.17) is 15.0 Å². The summed E-state index contributed by atoms with van der Waals surface area (Å²) in [7, 11) is 0. The molecule has 40 heavy (non-hydrogen) atoms. The largest absolute Gasteiger partial charge is 0.294 e. The Morgan fingerprint density at radius 3 is 1.82 bits per heavy atom. The molecule has 0 amide bonds. The lowest BCUT2D eigenvalue weighted by atomic mass is 10.1. The van der Waals surface area contributed by atoms with Gasteiger partial charge >= 0.3 is 0 Å². The number of para-hydroxylation sites is 2. The van der Waals surface area contributed by atoms with E-state index in [0.29, 0.717) is 5.82 Å². The lowest BCUT2D eigenvalue weighted by molar-refractivity contribution is 1.05. The lowest BCUT2D eigenvalue weighted by Crippen LogP contribution is -2.02. The first-order chi connectivity index (χ1) is 19.8. The fraction of sp³-hybridized carbons (Fsp3) is 0. The summed E-state index contributed by atoms with van der Waals surface area (Å²) in [6, 6.07) is 46.1. The third-order valence-corrected chi connectivity index (χ3v) is 8.33. The van der Waals surface area contributed by atoms with Gasteiger partial charge in [-0.1, -0.05) is 97.1 Å². The molecule has 188 valence electrons. The zero-order valence-corrected chi connectivity index (χ0v) is 22.2. The van der Waals surface area contributed by atoms with Crippen molar-refractivity contribution >= 4 is 43.4 Å². The number of fused-ring (bicyclic) bond motifs is 4. The first-order valence-corrected chi connectivity index (χ1v) is 14.0. The molecule has 3 aromatic heterocycles. The van der Waals surface area contributed by atoms with Gasteiger partial charge in [0.15, 0.2) is 5.82 Å². The van der Waals surface area contributed by atoms with Crippen LogP contribution in [0.5, 0.6) is 0 Å². The minimum Gasteiger partial charge on any atom is -0.294 e. The Kier molecular flexibility index (Phi) is 5.28. The van der Waals surface area contributed by atoms with E-state index in [1.807, 2.05) is 36.4 Å². The number of aromatic nitrogens is 4. The molecular weight excluding hydrogens is 508 g/mol. The van der Waals surface area contributed by atoms with Gasteiger partial charge in [-0.05, 0) is 30.3 Å². The number of hydrogen-bond acceptors (Lipinski definition) is 4. The minimum atomic E-state index is 0.690. The molecule has 0 radical (unpaired) electrons. The number of rotatable bonds is 4. The average Bonchev–Trinajstić information content (AvgIpc) is 3.61. The molecule has 0 aliphatic carbocycles. The van der Waals surface area contributed by atoms with Gasteiger partial charge in [-0.25, -0.2) is 15.0 Å². The Hall–Kier alpha value is -5.13. The Morgan fingerprint density at radius 1 is 0.500 bits per heavy atom. The van der Waals surface area contributed by atoms with Crippen molar-refractivity contribution in [2.75, 3.05) is 0 Å². The average molecular weight is 531 g/mol. The van der Waals surface area contributed by atoms with Gasteiger partial charge in [0.2, 0.25) is 0 Å². The van der Waals surface area contributed by atoms with E-state index in [1.165, 1.54) is 10.8 Å². The summed E-state index contributed by atoms with van der Waals surface area (Å²) in [6.45, 7) is 0. The second kappa shape index (κ2) is 9.26. The second-order valence-electron chi connectivity index (χ2n) is 9.74. The van der Waals surface area contributed by atoms with Crippen LogP contribution in [0.25, 0.3) is 71.1 Å². The lowest BCUT2D eigenvalue weighted by Gasteiger charge is -2.12. The molecule has 0 N–H and O–H groups in total. The van der Waals surface area contributed by atoms with Crippen molar-refractivity contribution < 1.29 is 0 Å². The Morgan fingerprint density at radius 2 is 1.12 bits per heavy atom. The summed E-state index contributed by atoms with van der Waals surface area (Å²) in [4.78, 5) is 15.1. The number of nitrogens with zero attached hydrogens (tertiary/aromatic N) is 4. The van der Waals surface area contributed by atoms with Crippen LogP contribution in [0.4, 0.5) is 0 Å². The first kappa shape index (κ1) is 22.8. The molecule has 0 bridgehead atoms. The third-order valence-electron chi connectivity index (χ3n) is 7.26. The molecule has 3 heterocycles. The fourth-order valence-electron chi connectivity index (χ4n) is 5.37. The van der Waals surface area contributed by atoms with Crippen LogP contribution in [0.1, 0.15) is 0 Å². The van der Waals surface area contributed by atoms with Crippen LogP contribution >= 0.6 is 11.3 Å².